The fourth-order valence-electron chi connectivity index (χ4n) is 4.42. The minimum Gasteiger partial charge on any atom is -0.383 e. The average Bonchev–Trinajstić information content (AvgIpc) is 2.82. The van der Waals surface area contributed by atoms with Crippen molar-refractivity contribution in [3.63, 3.8) is 0 Å². The first-order valence-electron chi connectivity index (χ1n) is 10.1. The Labute approximate surface area is 168 Å². The highest BCUT2D eigenvalue weighted by Crippen LogP contribution is 2.42. The molecular weight excluding hydrogens is 376 g/mol. The number of benzene rings is 1. The molecule has 0 aromatic heterocycles. The van der Waals surface area contributed by atoms with Gasteiger partial charge in [-0.3, -0.25) is 4.79 Å². The predicted octanol–water partition coefficient (Wildman–Crippen LogP) is 2.73. The van der Waals surface area contributed by atoms with Crippen molar-refractivity contribution in [2.45, 2.75) is 50.8 Å². The highest BCUT2D eigenvalue weighted by Gasteiger charge is 2.40. The van der Waals surface area contributed by atoms with Gasteiger partial charge >= 0.3 is 0 Å². The van der Waals surface area contributed by atoms with Crippen molar-refractivity contribution >= 4 is 15.9 Å². The van der Waals surface area contributed by atoms with E-state index in [1.54, 1.807) is 17.5 Å². The lowest BCUT2D eigenvalue weighted by Gasteiger charge is -2.41. The van der Waals surface area contributed by atoms with Crippen LogP contribution in [0.1, 0.15) is 43.2 Å². The summed E-state index contributed by atoms with van der Waals surface area (Å²) in [6.45, 7) is 6.76. The Morgan fingerprint density at radius 1 is 1.07 bits per heavy atom. The van der Waals surface area contributed by atoms with Crippen molar-refractivity contribution in [3.05, 3.63) is 29.3 Å². The number of sulfonamides is 1. The smallest absolute Gasteiger partial charge is 0.243 e. The van der Waals surface area contributed by atoms with E-state index in [2.05, 4.69) is 0 Å². The van der Waals surface area contributed by atoms with Crippen LogP contribution in [0.2, 0.25) is 0 Å². The highest BCUT2D eigenvalue weighted by molar-refractivity contribution is 7.89. The molecule has 156 valence electrons. The van der Waals surface area contributed by atoms with E-state index < -0.39 is 10.0 Å². The predicted molar refractivity (Wildman–Crippen MR) is 109 cm³/mol. The van der Waals surface area contributed by atoms with E-state index in [9.17, 15) is 13.2 Å². The summed E-state index contributed by atoms with van der Waals surface area (Å²) < 4.78 is 33.1. The van der Waals surface area contributed by atoms with Gasteiger partial charge in [0.25, 0.3) is 0 Å². The largest absolute Gasteiger partial charge is 0.383 e. The van der Waals surface area contributed by atoms with Crippen LogP contribution in [-0.2, 0) is 19.6 Å². The van der Waals surface area contributed by atoms with Crippen LogP contribution in [0.25, 0.3) is 0 Å². The van der Waals surface area contributed by atoms with Gasteiger partial charge in [0.2, 0.25) is 15.9 Å². The van der Waals surface area contributed by atoms with Crippen molar-refractivity contribution < 1.29 is 17.9 Å². The first-order valence-corrected chi connectivity index (χ1v) is 11.6. The summed E-state index contributed by atoms with van der Waals surface area (Å²) in [7, 11) is -1.83. The number of hydrogen-bond acceptors (Lipinski definition) is 4. The Morgan fingerprint density at radius 3 is 2.43 bits per heavy atom. The van der Waals surface area contributed by atoms with E-state index in [1.807, 2.05) is 30.9 Å². The normalized spacial score (nSPS) is 21.1. The third kappa shape index (κ3) is 4.42. The fraction of sp³-hybridized carbons (Fsp3) is 0.667. The number of rotatable bonds is 5. The summed E-state index contributed by atoms with van der Waals surface area (Å²) in [5.74, 6) is 0.194. The number of nitrogens with zero attached hydrogens (tertiary/aromatic N) is 2. The van der Waals surface area contributed by atoms with Crippen LogP contribution in [0.3, 0.4) is 0 Å². The number of carbonyl (C=O) groups is 1. The lowest BCUT2D eigenvalue weighted by atomic mass is 9.73. The molecule has 2 fully saturated rings. The second-order valence-electron chi connectivity index (χ2n) is 8.30. The molecule has 3 rings (SSSR count). The fourth-order valence-corrected chi connectivity index (χ4v) is 6.17. The lowest BCUT2D eigenvalue weighted by Crippen LogP contribution is -2.43. The van der Waals surface area contributed by atoms with Crippen molar-refractivity contribution in [2.75, 3.05) is 39.9 Å². The first kappa shape index (κ1) is 21.3. The van der Waals surface area contributed by atoms with Gasteiger partial charge in [0, 0.05) is 39.7 Å². The molecule has 2 saturated heterocycles. The Bertz CT molecular complexity index is 814. The van der Waals surface area contributed by atoms with Gasteiger partial charge in [-0.2, -0.15) is 4.31 Å². The molecule has 2 heterocycles. The van der Waals surface area contributed by atoms with Crippen LogP contribution in [0.4, 0.5) is 0 Å². The van der Waals surface area contributed by atoms with Gasteiger partial charge in [0.05, 0.1) is 11.5 Å². The quantitative estimate of drug-likeness (QED) is 0.751. The molecule has 0 unspecified atom stereocenters. The number of amides is 1. The molecular formula is C21H32N2O4S. The summed E-state index contributed by atoms with van der Waals surface area (Å²) >= 11 is 0. The van der Waals surface area contributed by atoms with E-state index >= 15 is 0 Å². The number of piperidine rings is 1. The minimum absolute atomic E-state index is 0.0746. The molecule has 7 heteroatoms. The maximum Gasteiger partial charge on any atom is 0.243 e. The van der Waals surface area contributed by atoms with Crippen molar-refractivity contribution in [3.8, 4) is 0 Å². The topological polar surface area (TPSA) is 66.9 Å². The van der Waals surface area contributed by atoms with Gasteiger partial charge in [-0.15, -0.1) is 0 Å². The Balaban J connectivity index is 1.68. The van der Waals surface area contributed by atoms with Crippen molar-refractivity contribution in [1.82, 2.24) is 9.21 Å². The van der Waals surface area contributed by atoms with Crippen LogP contribution in [0.15, 0.2) is 23.1 Å². The maximum atomic E-state index is 13.2. The van der Waals surface area contributed by atoms with Crippen LogP contribution in [-0.4, -0.2) is 63.4 Å². The molecule has 2 aliphatic heterocycles. The Kier molecular flexibility index (Phi) is 6.47. The number of carbonyl (C=O) groups excluding carboxylic acids is 1. The van der Waals surface area contributed by atoms with Gasteiger partial charge < -0.3 is 9.64 Å². The summed E-state index contributed by atoms with van der Waals surface area (Å²) in [5.41, 5.74) is 1.82. The van der Waals surface area contributed by atoms with Gasteiger partial charge in [-0.25, -0.2) is 8.42 Å². The number of likely N-dealkylation sites (tertiary alicyclic amines) is 1. The molecule has 1 aromatic carbocycles. The molecule has 2 aliphatic rings. The van der Waals surface area contributed by atoms with Crippen molar-refractivity contribution in [2.24, 2.45) is 5.41 Å². The van der Waals surface area contributed by atoms with Gasteiger partial charge in [-0.1, -0.05) is 12.1 Å². The molecule has 0 N–H and O–H groups in total. The van der Waals surface area contributed by atoms with Gasteiger partial charge in [0.15, 0.2) is 0 Å². The number of methoxy groups -OCH3 is 1. The molecule has 0 saturated carbocycles. The SMILES string of the molecule is COCCN1CCC2(CCC1=O)CCN(S(=O)(=O)c1cc(C)ccc1C)CC2. The lowest BCUT2D eigenvalue weighted by molar-refractivity contribution is -0.131. The van der Waals surface area contributed by atoms with Gasteiger partial charge in [0.1, 0.15) is 0 Å². The minimum atomic E-state index is -3.47. The summed E-state index contributed by atoms with van der Waals surface area (Å²) in [6, 6.07) is 5.59. The second-order valence-corrected chi connectivity index (χ2v) is 10.2. The zero-order valence-electron chi connectivity index (χ0n) is 17.2. The molecule has 0 atom stereocenters. The van der Waals surface area contributed by atoms with E-state index in [-0.39, 0.29) is 11.3 Å². The molecule has 28 heavy (non-hydrogen) atoms. The molecule has 0 bridgehead atoms. The average molecular weight is 409 g/mol. The summed E-state index contributed by atoms with van der Waals surface area (Å²) in [4.78, 5) is 14.7. The summed E-state index contributed by atoms with van der Waals surface area (Å²) in [6.07, 6.45) is 3.99. The highest BCUT2D eigenvalue weighted by atomic mass is 32.2. The third-order valence-electron chi connectivity index (χ3n) is 6.44. The third-order valence-corrected chi connectivity index (χ3v) is 8.48. The van der Waals surface area contributed by atoms with Crippen LogP contribution in [0.5, 0.6) is 0 Å². The van der Waals surface area contributed by atoms with E-state index in [1.165, 1.54) is 0 Å². The van der Waals surface area contributed by atoms with E-state index in [4.69, 9.17) is 4.74 Å². The van der Waals surface area contributed by atoms with Crippen LogP contribution in [0, 0.1) is 19.3 Å². The van der Waals surface area contributed by atoms with Crippen LogP contribution < -0.4 is 0 Å². The van der Waals surface area contributed by atoms with Gasteiger partial charge in [-0.05, 0) is 62.1 Å². The Hall–Kier alpha value is -1.44. The second kappa shape index (κ2) is 8.51. The summed E-state index contributed by atoms with van der Waals surface area (Å²) in [5, 5.41) is 0. The maximum absolute atomic E-state index is 13.2. The van der Waals surface area contributed by atoms with E-state index in [0.717, 1.165) is 43.4 Å². The molecule has 1 spiro atoms. The number of ether oxygens (including phenoxy) is 1. The number of hydrogen-bond donors (Lipinski definition) is 0. The number of aryl methyl sites for hydroxylation is 2. The molecule has 6 nitrogen and oxygen atoms in total. The van der Waals surface area contributed by atoms with Crippen LogP contribution >= 0.6 is 0 Å². The zero-order valence-corrected chi connectivity index (χ0v) is 18.1. The molecule has 0 aliphatic carbocycles. The molecule has 0 radical (unpaired) electrons. The standard InChI is InChI=1S/C21H32N2O4S/c1-17-4-5-18(2)19(16-17)28(25,26)23-12-9-21(10-13-23)7-6-20(24)22(11-8-21)14-15-27-3/h4-5,16H,6-15H2,1-3H3. The first-order chi connectivity index (χ1) is 13.3. The Morgan fingerprint density at radius 2 is 1.75 bits per heavy atom. The molecule has 1 aromatic rings. The zero-order chi connectivity index (χ0) is 20.4. The van der Waals surface area contributed by atoms with Crippen molar-refractivity contribution in [1.29, 1.82) is 0 Å². The monoisotopic (exact) mass is 408 g/mol. The van der Waals surface area contributed by atoms with E-state index in [0.29, 0.717) is 37.6 Å². The molecule has 1 amide bonds.